The van der Waals surface area contributed by atoms with Gasteiger partial charge in [-0.05, 0) is 96.2 Å². The first-order valence-corrected chi connectivity index (χ1v) is 41.2. The SMILES string of the molecule is CC(C)(C)C(=O)OCc1ccc(O[C@@H]2O[C@H](CO)[C@H](O)[C@H](O)[C@H]2O)c(NC(=O)CCNC(=O)CCCCCN2C(=O)C=CC2=O)c1.CC(C)(C)C(=O)OCc1ccc(O[C@@H]2O[C@H](CO)[C@H](O)[C@H](O)[C@H]2O)c(NC(=O)CCNC(=O)COCCNC(=O)[C@@H](CC(=O)CCOCCOCCOCCOCCCC(=O)CCN2C(=O)C=CC2=O)CS(=O)(=O)O)c1. The molecular weight excluding hydrogens is 1640 g/mol. The van der Waals surface area contributed by atoms with Gasteiger partial charge in [0.05, 0.1) is 99.9 Å². The fourth-order valence-corrected chi connectivity index (χ4v) is 12.1. The third-order valence-corrected chi connectivity index (χ3v) is 19.1. The largest absolute Gasteiger partial charge is 0.460 e. The predicted octanol–water partition coefficient (Wildman–Crippen LogP) is -2.00. The first-order chi connectivity index (χ1) is 57.7. The number of rotatable bonds is 53. The van der Waals surface area contributed by atoms with Crippen molar-refractivity contribution in [1.82, 2.24) is 25.8 Å². The number of anilines is 2. The second kappa shape index (κ2) is 52.4. The molecule has 6 rings (SSSR count). The van der Waals surface area contributed by atoms with Gasteiger partial charge in [0.15, 0.2) is 0 Å². The van der Waals surface area contributed by atoms with Crippen LogP contribution in [0.2, 0.25) is 0 Å². The molecule has 682 valence electrons. The van der Waals surface area contributed by atoms with Crippen molar-refractivity contribution < 1.29 is 168 Å². The summed E-state index contributed by atoms with van der Waals surface area (Å²) < 4.78 is 92.7. The quantitative estimate of drug-likeness (QED) is 0.0147. The first-order valence-electron chi connectivity index (χ1n) is 39.6. The minimum absolute atomic E-state index is 0.0146. The van der Waals surface area contributed by atoms with Crippen LogP contribution in [-0.2, 0) is 128 Å². The van der Waals surface area contributed by atoms with Crippen LogP contribution in [-0.4, -0.2) is 319 Å². The zero-order valence-electron chi connectivity index (χ0n) is 69.0. The van der Waals surface area contributed by atoms with Crippen LogP contribution in [0.5, 0.6) is 11.5 Å². The number of nitrogens with one attached hydrogen (secondary N) is 5. The molecule has 42 nitrogen and oxygen atoms in total. The number of unbranched alkanes of at least 4 members (excludes halogenated alkanes) is 2. The van der Waals surface area contributed by atoms with Crippen molar-refractivity contribution in [1.29, 1.82) is 0 Å². The van der Waals surface area contributed by atoms with Gasteiger partial charge in [-0.1, -0.05) is 18.6 Å². The average molecular weight is 1750 g/mol. The number of benzene rings is 2. The Hall–Kier alpha value is -9.26. The number of amides is 9. The van der Waals surface area contributed by atoms with Crippen LogP contribution in [0.25, 0.3) is 0 Å². The molecule has 2 aromatic carbocycles. The summed E-state index contributed by atoms with van der Waals surface area (Å²) in [6.45, 7) is 9.44. The summed E-state index contributed by atoms with van der Waals surface area (Å²) >= 11 is 0. The van der Waals surface area contributed by atoms with E-state index in [1.165, 1.54) is 54.6 Å². The number of ketones is 2. The van der Waals surface area contributed by atoms with Crippen LogP contribution < -0.4 is 36.1 Å². The lowest BCUT2D eigenvalue weighted by Gasteiger charge is -2.39. The number of Topliss-reactive ketones (excluding diaryl/α,β-unsaturated/α-hetero) is 2. The molecule has 0 saturated carbocycles. The predicted molar refractivity (Wildman–Crippen MR) is 423 cm³/mol. The fraction of sp³-hybridized carbons (Fsp3) is 0.633. The third-order valence-electron chi connectivity index (χ3n) is 18.3. The molecule has 0 bridgehead atoms. The van der Waals surface area contributed by atoms with E-state index in [1.54, 1.807) is 47.6 Å². The second-order valence-electron chi connectivity index (χ2n) is 30.5. The minimum Gasteiger partial charge on any atom is -0.460 e. The number of carbonyl (C=O) groups is 13. The summed E-state index contributed by atoms with van der Waals surface area (Å²) in [4.78, 5) is 161. The van der Waals surface area contributed by atoms with Crippen LogP contribution >= 0.6 is 0 Å². The monoisotopic (exact) mass is 1750 g/mol. The third kappa shape index (κ3) is 37.4. The normalized spacial score (nSPS) is 20.5. The van der Waals surface area contributed by atoms with Crippen molar-refractivity contribution in [2.45, 2.75) is 187 Å². The number of esters is 2. The smallest absolute Gasteiger partial charge is 0.311 e. The van der Waals surface area contributed by atoms with Crippen LogP contribution in [0.1, 0.15) is 123 Å². The van der Waals surface area contributed by atoms with E-state index >= 15 is 0 Å². The van der Waals surface area contributed by atoms with Crippen LogP contribution in [0, 0.1) is 16.7 Å². The Morgan fingerprint density at radius 3 is 1.35 bits per heavy atom. The van der Waals surface area contributed by atoms with Crippen molar-refractivity contribution in [3.8, 4) is 11.5 Å². The van der Waals surface area contributed by atoms with Gasteiger partial charge in [-0.15, -0.1) is 0 Å². The molecule has 122 heavy (non-hydrogen) atoms. The molecule has 43 heteroatoms. The molecule has 0 spiro atoms. The fourth-order valence-electron chi connectivity index (χ4n) is 11.4. The number of ether oxygens (including phenoxy) is 11. The van der Waals surface area contributed by atoms with E-state index in [0.717, 1.165) is 9.80 Å². The Morgan fingerprint density at radius 2 is 0.902 bits per heavy atom. The Morgan fingerprint density at radius 1 is 0.459 bits per heavy atom. The van der Waals surface area contributed by atoms with Gasteiger partial charge in [0.1, 0.15) is 91.7 Å². The highest BCUT2D eigenvalue weighted by molar-refractivity contribution is 7.85. The van der Waals surface area contributed by atoms with E-state index in [2.05, 4.69) is 26.6 Å². The molecule has 0 aliphatic carbocycles. The lowest BCUT2D eigenvalue weighted by atomic mass is 9.97. The number of imide groups is 2. The number of hydrogen-bond donors (Lipinski definition) is 14. The van der Waals surface area contributed by atoms with Crippen molar-refractivity contribution in [3.63, 3.8) is 0 Å². The lowest BCUT2D eigenvalue weighted by molar-refractivity contribution is -0.277. The summed E-state index contributed by atoms with van der Waals surface area (Å²) in [6, 6.07) is 8.79. The maximum absolute atomic E-state index is 13.0. The van der Waals surface area contributed by atoms with Gasteiger partial charge in [-0.25, -0.2) is 0 Å². The molecule has 11 atom stereocenters. The van der Waals surface area contributed by atoms with Crippen molar-refractivity contribution >= 4 is 98.2 Å². The van der Waals surface area contributed by atoms with Crippen LogP contribution in [0.15, 0.2) is 60.7 Å². The van der Waals surface area contributed by atoms with Gasteiger partial charge < -0.3 is 120 Å². The standard InChI is InChI=1S/C48H72N4O23S.C31H43N3O12/c1-48(2,3)47(64)73-28-31-6-7-36(74-46-44(62)43(61)42(60)37(27-53)75-46)35(25-31)51-38(56)10-13-49-39(57)29-72-18-14-50-45(63)32(30-76(65,66)67)26-34(55)12-17-69-20-22-71-24-23-70-21-19-68-16-4-5-33(54)11-15-52-40(58)8-9-41(52)59;1-31(2,3)30(43)44-17-18-8-9-20(45-29-28(42)27(41)26(40)21(16-35)46-29)19(15-18)33-23(37)12-13-32-22(36)7-5-4-6-14-34-24(38)10-11-25(34)39/h6-9,25,32,37,42-44,46,53,60-62H,4-5,10-24,26-30H2,1-3H3,(H,49,57)(H,50,63)(H,51,56)(H,65,66,67);8-11,15,21,26-29,35,40-42H,4-7,12-14,16-17H2,1-3H3,(H,32,36)(H,33,37)/t32-,37+,42-,43-,44+,46+;21-,26+,27+,28-,29-/m01/s1. The minimum atomic E-state index is -4.66. The summed E-state index contributed by atoms with van der Waals surface area (Å²) in [5.74, 6) is -8.47. The van der Waals surface area contributed by atoms with E-state index in [-0.39, 0.29) is 170 Å². The zero-order valence-corrected chi connectivity index (χ0v) is 69.8. The van der Waals surface area contributed by atoms with Gasteiger partial charge in [-0.3, -0.25) is 76.7 Å². The van der Waals surface area contributed by atoms with Crippen LogP contribution in [0.3, 0.4) is 0 Å². The number of carbonyl (C=O) groups excluding carboxylic acids is 13. The Bertz CT molecular complexity index is 3960. The van der Waals surface area contributed by atoms with E-state index in [0.29, 0.717) is 56.6 Å². The molecule has 2 saturated heterocycles. The highest BCUT2D eigenvalue weighted by Crippen LogP contribution is 2.34. The van der Waals surface area contributed by atoms with E-state index < -0.39 is 173 Å². The number of hydrogen-bond acceptors (Lipinski definition) is 34. The Labute approximate surface area is 704 Å². The van der Waals surface area contributed by atoms with Gasteiger partial charge in [-0.2, -0.15) is 8.42 Å². The maximum Gasteiger partial charge on any atom is 0.311 e. The average Bonchev–Trinajstić information content (AvgIpc) is 0.941. The molecule has 4 aliphatic rings. The Kier molecular flexibility index (Phi) is 44.3. The van der Waals surface area contributed by atoms with Gasteiger partial charge in [0.25, 0.3) is 33.7 Å². The molecule has 0 aromatic heterocycles. The van der Waals surface area contributed by atoms with Crippen molar-refractivity contribution in [2.75, 3.05) is 128 Å². The number of aliphatic hydroxyl groups excluding tert-OH is 8. The summed E-state index contributed by atoms with van der Waals surface area (Å²) in [5, 5.41) is 93.3. The molecular formula is C79H115N7O35S. The second-order valence-corrected chi connectivity index (χ2v) is 32.0. The molecule has 2 fully saturated rings. The molecule has 4 heterocycles. The summed E-state index contributed by atoms with van der Waals surface area (Å²) in [7, 11) is -4.66. The zero-order chi connectivity index (χ0) is 90.3. The van der Waals surface area contributed by atoms with Crippen LogP contribution in [0.4, 0.5) is 11.4 Å². The molecule has 0 radical (unpaired) electrons. The molecule has 14 N–H and O–H groups in total. The van der Waals surface area contributed by atoms with Crippen molar-refractivity contribution in [2.24, 2.45) is 16.7 Å². The maximum atomic E-state index is 13.0. The topological polar surface area (TPSA) is 606 Å². The molecule has 0 unspecified atom stereocenters. The summed E-state index contributed by atoms with van der Waals surface area (Å²) in [6.07, 6.45) is -9.19. The van der Waals surface area contributed by atoms with E-state index in [9.17, 15) is 116 Å². The molecule has 4 aliphatic heterocycles. The molecule has 2 aromatic rings. The summed E-state index contributed by atoms with van der Waals surface area (Å²) in [5.41, 5.74) is -0.483. The highest BCUT2D eigenvalue weighted by atomic mass is 32.2. The van der Waals surface area contributed by atoms with Crippen molar-refractivity contribution in [3.05, 3.63) is 71.8 Å². The van der Waals surface area contributed by atoms with Gasteiger partial charge in [0, 0.05) is 109 Å². The first kappa shape index (κ1) is 103. The van der Waals surface area contributed by atoms with E-state index in [1.807, 2.05) is 0 Å². The number of aliphatic hydroxyl groups is 8. The van der Waals surface area contributed by atoms with Gasteiger partial charge in [0.2, 0.25) is 42.1 Å². The van der Waals surface area contributed by atoms with Gasteiger partial charge >= 0.3 is 11.9 Å². The number of nitrogens with zero attached hydrogens (tertiary/aromatic N) is 2. The lowest BCUT2D eigenvalue weighted by Crippen LogP contribution is -2.60. The molecule has 9 amide bonds. The Balaban J connectivity index is 0.000000489. The highest BCUT2D eigenvalue weighted by Gasteiger charge is 2.47. The van der Waals surface area contributed by atoms with E-state index in [4.69, 9.17) is 52.1 Å².